The molecule has 1 aliphatic heterocycles. The van der Waals surface area contributed by atoms with Crippen LogP contribution in [-0.2, 0) is 13.0 Å². The molecule has 4 nitrogen and oxygen atoms in total. The van der Waals surface area contributed by atoms with E-state index in [1.54, 1.807) is 0 Å². The second-order valence-corrected chi connectivity index (χ2v) is 4.90. The van der Waals surface area contributed by atoms with E-state index in [-0.39, 0.29) is 0 Å². The average molecular weight is 233 g/mol. The molecule has 82 valence electrons. The summed E-state index contributed by atoms with van der Waals surface area (Å²) in [6.07, 6.45) is 1.75. The average Bonchev–Trinajstić information content (AvgIpc) is 2.63. The van der Waals surface area contributed by atoms with Crippen molar-refractivity contribution in [2.24, 2.45) is 0 Å². The van der Waals surface area contributed by atoms with E-state index in [0.717, 1.165) is 41.7 Å². The Kier molecular flexibility index (Phi) is 2.15. The first kappa shape index (κ1) is 9.74. The molecule has 0 amide bonds. The van der Waals surface area contributed by atoms with Crippen LogP contribution in [-0.4, -0.2) is 17.8 Å². The molecule has 3 rings (SSSR count). The van der Waals surface area contributed by atoms with Crippen LogP contribution in [0.4, 0.5) is 5.69 Å². The van der Waals surface area contributed by atoms with Crippen LogP contribution in [0.1, 0.15) is 20.9 Å². The lowest BCUT2D eigenvalue weighted by molar-refractivity contribution is 0.112. The third kappa shape index (κ3) is 1.32. The highest BCUT2D eigenvalue weighted by Crippen LogP contribution is 2.33. The molecular weight excluding hydrogens is 222 g/mol. The van der Waals surface area contributed by atoms with Crippen LogP contribution >= 0.6 is 11.3 Å². The van der Waals surface area contributed by atoms with Crippen LogP contribution in [0.3, 0.4) is 0 Å². The van der Waals surface area contributed by atoms with Crippen molar-refractivity contribution in [3.05, 3.63) is 22.2 Å². The highest BCUT2D eigenvalue weighted by Gasteiger charge is 2.15. The van der Waals surface area contributed by atoms with E-state index in [9.17, 15) is 4.79 Å². The van der Waals surface area contributed by atoms with Gasteiger partial charge in [-0.15, -0.1) is 11.3 Å². The maximum absolute atomic E-state index is 10.8. The van der Waals surface area contributed by atoms with Gasteiger partial charge < -0.3 is 11.1 Å². The molecule has 3 heterocycles. The highest BCUT2D eigenvalue weighted by atomic mass is 32.1. The van der Waals surface area contributed by atoms with Gasteiger partial charge in [0, 0.05) is 30.6 Å². The summed E-state index contributed by atoms with van der Waals surface area (Å²) in [6.45, 7) is 1.80. The third-order valence-corrected chi connectivity index (χ3v) is 3.92. The maximum atomic E-state index is 10.8. The summed E-state index contributed by atoms with van der Waals surface area (Å²) in [4.78, 5) is 16.8. The Balaban J connectivity index is 2.29. The number of aromatic nitrogens is 1. The molecule has 0 aliphatic carbocycles. The lowest BCUT2D eigenvalue weighted by Gasteiger charge is -2.15. The molecule has 3 N–H and O–H groups in total. The van der Waals surface area contributed by atoms with Gasteiger partial charge in [-0.25, -0.2) is 4.98 Å². The van der Waals surface area contributed by atoms with Gasteiger partial charge in [-0.05, 0) is 11.6 Å². The van der Waals surface area contributed by atoms with Crippen molar-refractivity contribution in [2.45, 2.75) is 13.0 Å². The minimum Gasteiger partial charge on any atom is -0.397 e. The van der Waals surface area contributed by atoms with Gasteiger partial charge in [-0.2, -0.15) is 0 Å². The van der Waals surface area contributed by atoms with Crippen molar-refractivity contribution in [3.8, 4) is 0 Å². The van der Waals surface area contributed by atoms with E-state index in [2.05, 4.69) is 16.4 Å². The molecule has 0 saturated carbocycles. The molecule has 2 aromatic heterocycles. The molecule has 0 spiro atoms. The number of nitrogens with zero attached hydrogens (tertiary/aromatic N) is 1. The summed E-state index contributed by atoms with van der Waals surface area (Å²) in [6, 6.07) is 2.06. The van der Waals surface area contributed by atoms with Crippen molar-refractivity contribution in [1.82, 2.24) is 10.3 Å². The molecule has 1 aliphatic rings. The quantitative estimate of drug-likeness (QED) is 0.729. The SMILES string of the molecule is Nc1c(C=O)sc2nc3c(cc12)CNCC3. The molecule has 0 unspecified atom stereocenters. The van der Waals surface area contributed by atoms with Crippen molar-refractivity contribution >= 4 is 33.5 Å². The van der Waals surface area contributed by atoms with E-state index < -0.39 is 0 Å². The van der Waals surface area contributed by atoms with Crippen LogP contribution < -0.4 is 11.1 Å². The molecule has 2 aromatic rings. The normalized spacial score (nSPS) is 15.0. The van der Waals surface area contributed by atoms with Crippen molar-refractivity contribution < 1.29 is 4.79 Å². The van der Waals surface area contributed by atoms with E-state index in [0.29, 0.717) is 10.6 Å². The van der Waals surface area contributed by atoms with E-state index in [4.69, 9.17) is 5.73 Å². The minimum absolute atomic E-state index is 0.566. The summed E-state index contributed by atoms with van der Waals surface area (Å²) < 4.78 is 0. The summed E-state index contributed by atoms with van der Waals surface area (Å²) >= 11 is 1.37. The number of nitrogens with one attached hydrogen (secondary N) is 1. The Hall–Kier alpha value is -1.46. The number of thiophene rings is 1. The fraction of sp³-hybridized carbons (Fsp3) is 0.273. The number of carbonyl (C=O) groups excluding carboxylic acids is 1. The van der Waals surface area contributed by atoms with E-state index in [1.165, 1.54) is 16.9 Å². The molecule has 0 radical (unpaired) electrons. The number of nitrogens with two attached hydrogens (primary N) is 1. The summed E-state index contributed by atoms with van der Waals surface area (Å²) in [5.74, 6) is 0. The summed E-state index contributed by atoms with van der Waals surface area (Å²) in [5, 5.41) is 4.21. The predicted molar refractivity (Wildman–Crippen MR) is 64.8 cm³/mol. The molecular formula is C11H11N3OS. The molecule has 16 heavy (non-hydrogen) atoms. The zero-order valence-corrected chi connectivity index (χ0v) is 9.43. The van der Waals surface area contributed by atoms with Crippen molar-refractivity contribution in [2.75, 3.05) is 12.3 Å². The smallest absolute Gasteiger partial charge is 0.162 e. The van der Waals surface area contributed by atoms with Crippen LogP contribution in [0.2, 0.25) is 0 Å². The Morgan fingerprint density at radius 2 is 2.44 bits per heavy atom. The maximum Gasteiger partial charge on any atom is 0.162 e. The molecule has 5 heteroatoms. The Morgan fingerprint density at radius 3 is 3.25 bits per heavy atom. The second-order valence-electron chi connectivity index (χ2n) is 3.87. The molecule has 0 fully saturated rings. The minimum atomic E-state index is 0.566. The standard InChI is InChI=1S/C11H11N3OS/c12-10-7-3-6-4-13-2-1-8(6)14-11(7)16-9(10)5-15/h3,5,13H,1-2,4,12H2. The van der Waals surface area contributed by atoms with Gasteiger partial charge in [0.05, 0.1) is 10.6 Å². The van der Waals surface area contributed by atoms with Crippen molar-refractivity contribution in [3.63, 3.8) is 0 Å². The summed E-state index contributed by atoms with van der Waals surface area (Å²) in [7, 11) is 0. The topological polar surface area (TPSA) is 68.0 Å². The number of nitrogen functional groups attached to an aromatic ring is 1. The Morgan fingerprint density at radius 1 is 1.56 bits per heavy atom. The van der Waals surface area contributed by atoms with Crippen LogP contribution in [0.5, 0.6) is 0 Å². The predicted octanol–water partition coefficient (Wildman–Crippen LogP) is 1.34. The van der Waals surface area contributed by atoms with Gasteiger partial charge >= 0.3 is 0 Å². The monoisotopic (exact) mass is 233 g/mol. The summed E-state index contributed by atoms with van der Waals surface area (Å²) in [5.41, 5.74) is 8.79. The first-order valence-corrected chi connectivity index (χ1v) is 5.98. The largest absolute Gasteiger partial charge is 0.397 e. The van der Waals surface area contributed by atoms with Crippen LogP contribution in [0.25, 0.3) is 10.2 Å². The molecule has 0 bridgehead atoms. The van der Waals surface area contributed by atoms with E-state index in [1.807, 2.05) is 0 Å². The van der Waals surface area contributed by atoms with E-state index >= 15 is 0 Å². The third-order valence-electron chi connectivity index (χ3n) is 2.88. The van der Waals surface area contributed by atoms with Gasteiger partial charge in [0.1, 0.15) is 4.83 Å². The number of hydrogen-bond donors (Lipinski definition) is 2. The Bertz CT molecular complexity index is 576. The number of fused-ring (bicyclic) bond motifs is 2. The number of aldehydes is 1. The second kappa shape index (κ2) is 3.54. The molecule has 0 aromatic carbocycles. The van der Waals surface area contributed by atoms with Crippen LogP contribution in [0, 0.1) is 0 Å². The number of hydrogen-bond acceptors (Lipinski definition) is 5. The number of rotatable bonds is 1. The first-order valence-electron chi connectivity index (χ1n) is 5.16. The Labute approximate surface area is 96.5 Å². The highest BCUT2D eigenvalue weighted by molar-refractivity contribution is 7.20. The van der Waals surface area contributed by atoms with Gasteiger partial charge in [0.2, 0.25) is 0 Å². The first-order chi connectivity index (χ1) is 7.79. The van der Waals surface area contributed by atoms with Crippen molar-refractivity contribution in [1.29, 1.82) is 0 Å². The fourth-order valence-corrected chi connectivity index (χ4v) is 2.93. The zero-order valence-electron chi connectivity index (χ0n) is 8.62. The van der Waals surface area contributed by atoms with Gasteiger partial charge in [-0.1, -0.05) is 0 Å². The molecule has 0 saturated heterocycles. The lowest BCUT2D eigenvalue weighted by atomic mass is 10.1. The fourth-order valence-electron chi connectivity index (χ4n) is 2.02. The lowest BCUT2D eigenvalue weighted by Crippen LogP contribution is -2.24. The molecule has 0 atom stereocenters. The van der Waals surface area contributed by atoms with Gasteiger partial charge in [-0.3, -0.25) is 4.79 Å². The zero-order chi connectivity index (χ0) is 11.1. The number of pyridine rings is 1. The number of anilines is 1. The van der Waals surface area contributed by atoms with Gasteiger partial charge in [0.15, 0.2) is 6.29 Å². The number of carbonyl (C=O) groups is 1. The van der Waals surface area contributed by atoms with Gasteiger partial charge in [0.25, 0.3) is 0 Å². The van der Waals surface area contributed by atoms with Crippen LogP contribution in [0.15, 0.2) is 6.07 Å².